The summed E-state index contributed by atoms with van der Waals surface area (Å²) in [4.78, 5) is 11.8. The fraction of sp³-hybridized carbons (Fsp3) is 0.611. The maximum absolute atomic E-state index is 11.8. The Hall–Kier alpha value is -1.59. The van der Waals surface area contributed by atoms with Crippen molar-refractivity contribution in [3.63, 3.8) is 0 Å². The molecular weight excluding hydrogens is 290 g/mol. The summed E-state index contributed by atoms with van der Waals surface area (Å²) in [5, 5.41) is 9.33. The van der Waals surface area contributed by atoms with Crippen LogP contribution in [0.4, 0.5) is 4.79 Å². The van der Waals surface area contributed by atoms with Gasteiger partial charge in [-0.05, 0) is 24.8 Å². The molecule has 2 atom stereocenters. The zero-order valence-electron chi connectivity index (χ0n) is 14.8. The largest absolute Gasteiger partial charge is 0.383 e. The SMILES string of the molecule is COCCNC(=O)NC[C@@H](CC(C)C)N[C@@H](C)c1ccccc1. The number of ether oxygens (including phenoxy) is 1. The van der Waals surface area contributed by atoms with Gasteiger partial charge in [0.25, 0.3) is 0 Å². The van der Waals surface area contributed by atoms with Gasteiger partial charge in [-0.1, -0.05) is 44.2 Å². The molecular formula is C18H31N3O2. The molecule has 5 nitrogen and oxygen atoms in total. The number of benzene rings is 1. The van der Waals surface area contributed by atoms with E-state index in [0.717, 1.165) is 6.42 Å². The average molecular weight is 321 g/mol. The van der Waals surface area contributed by atoms with Crippen LogP contribution in [0, 0.1) is 5.92 Å². The van der Waals surface area contributed by atoms with Crippen LogP contribution in [-0.2, 0) is 4.74 Å². The molecule has 0 aliphatic rings. The van der Waals surface area contributed by atoms with Crippen LogP contribution in [0.3, 0.4) is 0 Å². The number of urea groups is 1. The van der Waals surface area contributed by atoms with Crippen molar-refractivity contribution >= 4 is 6.03 Å². The molecule has 0 spiro atoms. The Bertz CT molecular complexity index is 437. The Morgan fingerprint density at radius 3 is 2.43 bits per heavy atom. The minimum Gasteiger partial charge on any atom is -0.383 e. The number of hydrogen-bond donors (Lipinski definition) is 3. The third kappa shape index (κ3) is 8.57. The van der Waals surface area contributed by atoms with Gasteiger partial charge in [0.2, 0.25) is 0 Å². The predicted octanol–water partition coefficient (Wildman–Crippen LogP) is 2.70. The molecule has 3 N–H and O–H groups in total. The van der Waals surface area contributed by atoms with Crippen molar-refractivity contribution < 1.29 is 9.53 Å². The monoisotopic (exact) mass is 321 g/mol. The Morgan fingerprint density at radius 1 is 1.13 bits per heavy atom. The first-order chi connectivity index (χ1) is 11.0. The molecule has 0 radical (unpaired) electrons. The van der Waals surface area contributed by atoms with Gasteiger partial charge in [-0.15, -0.1) is 0 Å². The summed E-state index contributed by atoms with van der Waals surface area (Å²) in [6.45, 7) is 8.19. The lowest BCUT2D eigenvalue weighted by molar-refractivity contribution is 0.195. The van der Waals surface area contributed by atoms with E-state index in [1.165, 1.54) is 5.56 Å². The van der Waals surface area contributed by atoms with Crippen LogP contribution in [0.5, 0.6) is 0 Å². The predicted molar refractivity (Wildman–Crippen MR) is 94.5 cm³/mol. The molecule has 1 aromatic carbocycles. The third-order valence-corrected chi connectivity index (χ3v) is 3.64. The second kappa shape index (κ2) is 11.0. The van der Waals surface area contributed by atoms with Crippen LogP contribution >= 0.6 is 0 Å². The summed E-state index contributed by atoms with van der Waals surface area (Å²) < 4.78 is 4.92. The number of carbonyl (C=O) groups excluding carboxylic acids is 1. The molecule has 0 saturated carbocycles. The minimum atomic E-state index is -0.148. The molecule has 2 amide bonds. The first kappa shape index (κ1) is 19.5. The summed E-state index contributed by atoms with van der Waals surface area (Å²) in [5.41, 5.74) is 1.26. The van der Waals surface area contributed by atoms with Gasteiger partial charge in [0.05, 0.1) is 6.61 Å². The smallest absolute Gasteiger partial charge is 0.314 e. The molecule has 0 aliphatic heterocycles. The van der Waals surface area contributed by atoms with Gasteiger partial charge < -0.3 is 20.7 Å². The average Bonchev–Trinajstić information content (AvgIpc) is 2.53. The van der Waals surface area contributed by atoms with Gasteiger partial charge in [0.15, 0.2) is 0 Å². The van der Waals surface area contributed by atoms with E-state index in [4.69, 9.17) is 4.74 Å². The lowest BCUT2D eigenvalue weighted by Gasteiger charge is -2.25. The summed E-state index contributed by atoms with van der Waals surface area (Å²) in [6.07, 6.45) is 1.01. The van der Waals surface area contributed by atoms with Crippen LogP contribution in [-0.4, -0.2) is 38.9 Å². The second-order valence-electron chi connectivity index (χ2n) is 6.26. The van der Waals surface area contributed by atoms with E-state index in [-0.39, 0.29) is 18.1 Å². The van der Waals surface area contributed by atoms with Crippen molar-refractivity contribution in [2.45, 2.75) is 39.3 Å². The van der Waals surface area contributed by atoms with Crippen LogP contribution in [0.25, 0.3) is 0 Å². The third-order valence-electron chi connectivity index (χ3n) is 3.64. The van der Waals surface area contributed by atoms with Crippen molar-refractivity contribution in [1.29, 1.82) is 0 Å². The summed E-state index contributed by atoms with van der Waals surface area (Å²) in [6, 6.07) is 10.7. The van der Waals surface area contributed by atoms with Gasteiger partial charge >= 0.3 is 6.03 Å². The van der Waals surface area contributed by atoms with E-state index >= 15 is 0 Å². The highest BCUT2D eigenvalue weighted by molar-refractivity contribution is 5.73. The van der Waals surface area contributed by atoms with Crippen molar-refractivity contribution in [2.75, 3.05) is 26.8 Å². The fourth-order valence-corrected chi connectivity index (χ4v) is 2.52. The summed E-state index contributed by atoms with van der Waals surface area (Å²) >= 11 is 0. The van der Waals surface area contributed by atoms with Crippen LogP contribution < -0.4 is 16.0 Å². The van der Waals surface area contributed by atoms with Crippen LogP contribution in [0.2, 0.25) is 0 Å². The standard InChI is InChI=1S/C18H31N3O2/c1-14(2)12-17(13-20-18(22)19-10-11-23-4)21-15(3)16-8-6-5-7-9-16/h5-9,14-15,17,21H,10-13H2,1-4H3,(H2,19,20,22)/t15-,17+/m0/s1. The van der Waals surface area contributed by atoms with Crippen LogP contribution in [0.1, 0.15) is 38.8 Å². The lowest BCUT2D eigenvalue weighted by Crippen LogP contribution is -2.46. The molecule has 0 fully saturated rings. The van der Waals surface area contributed by atoms with E-state index in [1.54, 1.807) is 7.11 Å². The zero-order valence-corrected chi connectivity index (χ0v) is 14.8. The van der Waals surface area contributed by atoms with E-state index in [0.29, 0.717) is 25.6 Å². The van der Waals surface area contributed by atoms with Crippen LogP contribution in [0.15, 0.2) is 30.3 Å². The normalized spacial score (nSPS) is 13.6. The molecule has 1 aromatic rings. The Labute approximate surface area is 140 Å². The van der Waals surface area contributed by atoms with Gasteiger partial charge in [-0.3, -0.25) is 0 Å². The van der Waals surface area contributed by atoms with Crippen molar-refractivity contribution in [3.8, 4) is 0 Å². The Balaban J connectivity index is 2.47. The maximum atomic E-state index is 11.8. The fourth-order valence-electron chi connectivity index (χ4n) is 2.52. The molecule has 23 heavy (non-hydrogen) atoms. The molecule has 0 aliphatic carbocycles. The van der Waals surface area contributed by atoms with Crippen molar-refractivity contribution in [1.82, 2.24) is 16.0 Å². The Morgan fingerprint density at radius 2 is 1.83 bits per heavy atom. The molecule has 5 heteroatoms. The van der Waals surface area contributed by atoms with Crippen molar-refractivity contribution in [3.05, 3.63) is 35.9 Å². The number of rotatable bonds is 10. The number of amides is 2. The molecule has 0 bridgehead atoms. The molecule has 0 heterocycles. The first-order valence-electron chi connectivity index (χ1n) is 8.34. The van der Waals surface area contributed by atoms with E-state index in [9.17, 15) is 4.79 Å². The molecule has 130 valence electrons. The molecule has 0 saturated heterocycles. The molecule has 0 unspecified atom stereocenters. The second-order valence-corrected chi connectivity index (χ2v) is 6.26. The number of methoxy groups -OCH3 is 1. The minimum absolute atomic E-state index is 0.148. The maximum Gasteiger partial charge on any atom is 0.314 e. The van der Waals surface area contributed by atoms with Gasteiger partial charge in [0.1, 0.15) is 0 Å². The van der Waals surface area contributed by atoms with E-state index in [1.807, 2.05) is 18.2 Å². The molecule has 0 aromatic heterocycles. The van der Waals surface area contributed by atoms with Gasteiger partial charge in [-0.25, -0.2) is 4.79 Å². The van der Waals surface area contributed by atoms with E-state index < -0.39 is 0 Å². The van der Waals surface area contributed by atoms with E-state index in [2.05, 4.69) is 48.9 Å². The molecule has 1 rings (SSSR count). The highest BCUT2D eigenvalue weighted by Gasteiger charge is 2.15. The first-order valence-corrected chi connectivity index (χ1v) is 8.34. The number of hydrogen-bond acceptors (Lipinski definition) is 3. The Kier molecular flexibility index (Phi) is 9.33. The summed E-state index contributed by atoms with van der Waals surface area (Å²) in [7, 11) is 1.62. The van der Waals surface area contributed by atoms with Gasteiger partial charge in [0, 0.05) is 32.3 Å². The summed E-state index contributed by atoms with van der Waals surface area (Å²) in [5.74, 6) is 0.564. The number of nitrogens with one attached hydrogen (secondary N) is 3. The highest BCUT2D eigenvalue weighted by Crippen LogP contribution is 2.14. The highest BCUT2D eigenvalue weighted by atomic mass is 16.5. The lowest BCUT2D eigenvalue weighted by atomic mass is 10.0. The quantitative estimate of drug-likeness (QED) is 0.581. The van der Waals surface area contributed by atoms with Gasteiger partial charge in [-0.2, -0.15) is 0 Å². The zero-order chi connectivity index (χ0) is 17.1. The number of carbonyl (C=O) groups is 1. The van der Waals surface area contributed by atoms with Crippen molar-refractivity contribution in [2.24, 2.45) is 5.92 Å². The topological polar surface area (TPSA) is 62.4 Å².